The van der Waals surface area contributed by atoms with E-state index in [1.54, 1.807) is 0 Å². The molecule has 0 aromatic heterocycles. The van der Waals surface area contributed by atoms with Crippen LogP contribution in [0.1, 0.15) is 81.8 Å². The van der Waals surface area contributed by atoms with Crippen molar-refractivity contribution in [1.29, 1.82) is 0 Å². The van der Waals surface area contributed by atoms with E-state index < -0.39 is 0 Å². The predicted octanol–water partition coefficient (Wildman–Crippen LogP) is 6.96. The van der Waals surface area contributed by atoms with Crippen LogP contribution in [0.2, 0.25) is 10.0 Å². The molecular weight excluding hydrogens is 313 g/mol. The molecule has 2 aliphatic carbocycles. The zero-order chi connectivity index (χ0) is 15.3. The first-order valence-corrected chi connectivity index (χ1v) is 9.47. The molecule has 1 aliphatic heterocycles. The summed E-state index contributed by atoms with van der Waals surface area (Å²) in [5.41, 5.74) is 5.31. The Labute approximate surface area is 143 Å². The maximum absolute atomic E-state index is 6.54. The molecule has 22 heavy (non-hydrogen) atoms. The second-order valence-corrected chi connectivity index (χ2v) is 8.20. The van der Waals surface area contributed by atoms with Crippen LogP contribution in [0.25, 0.3) is 0 Å². The molecule has 1 aromatic carbocycles. The Morgan fingerprint density at radius 1 is 1.09 bits per heavy atom. The summed E-state index contributed by atoms with van der Waals surface area (Å²) in [6.45, 7) is 2.38. The lowest BCUT2D eigenvalue weighted by molar-refractivity contribution is 0.432. The Hall–Kier alpha value is -0.530. The van der Waals surface area contributed by atoms with Crippen LogP contribution in [0, 0.1) is 0 Å². The Morgan fingerprint density at radius 3 is 2.64 bits per heavy atom. The standard InChI is InChI=1S/C19H23Cl2N/c1-19-10-6-5-9-15(19)22-18-16(19)13(11-14(20)17(18)21)12-7-3-2-4-8-12/h11-12H,2-10H2,1H3. The number of hydrogen-bond donors (Lipinski definition) is 0. The summed E-state index contributed by atoms with van der Waals surface area (Å²) in [6, 6.07) is 2.16. The van der Waals surface area contributed by atoms with Gasteiger partial charge in [0.05, 0.1) is 15.7 Å². The Balaban J connectivity index is 1.89. The molecule has 0 bridgehead atoms. The molecular formula is C19H23Cl2N. The minimum absolute atomic E-state index is 0.106. The summed E-state index contributed by atoms with van der Waals surface area (Å²) in [4.78, 5) is 4.96. The van der Waals surface area contributed by atoms with Crippen molar-refractivity contribution in [2.24, 2.45) is 4.99 Å². The average Bonchev–Trinajstić information content (AvgIpc) is 2.85. The summed E-state index contributed by atoms with van der Waals surface area (Å²) in [7, 11) is 0. The van der Waals surface area contributed by atoms with Gasteiger partial charge in [-0.1, -0.05) is 55.8 Å². The molecule has 0 N–H and O–H groups in total. The van der Waals surface area contributed by atoms with Gasteiger partial charge >= 0.3 is 0 Å². The third-order valence-corrected chi connectivity index (χ3v) is 6.82. The van der Waals surface area contributed by atoms with Crippen LogP contribution in [0.3, 0.4) is 0 Å². The highest BCUT2D eigenvalue weighted by Gasteiger charge is 2.44. The van der Waals surface area contributed by atoms with Gasteiger partial charge in [0.15, 0.2) is 0 Å². The molecule has 4 rings (SSSR count). The van der Waals surface area contributed by atoms with Gasteiger partial charge in [-0.15, -0.1) is 0 Å². The molecule has 1 atom stereocenters. The molecule has 0 amide bonds. The van der Waals surface area contributed by atoms with Crippen molar-refractivity contribution in [1.82, 2.24) is 0 Å². The minimum Gasteiger partial charge on any atom is -0.255 e. The summed E-state index contributed by atoms with van der Waals surface area (Å²) in [5.74, 6) is 0.644. The summed E-state index contributed by atoms with van der Waals surface area (Å²) < 4.78 is 0. The Morgan fingerprint density at radius 2 is 1.86 bits per heavy atom. The molecule has 1 aromatic rings. The second kappa shape index (κ2) is 5.53. The largest absolute Gasteiger partial charge is 0.255 e. The number of aliphatic imine (C=N–C) groups is 1. The van der Waals surface area contributed by atoms with Gasteiger partial charge in [0.25, 0.3) is 0 Å². The van der Waals surface area contributed by atoms with Gasteiger partial charge in [-0.25, -0.2) is 0 Å². The summed E-state index contributed by atoms with van der Waals surface area (Å²) >= 11 is 13.0. The number of fused-ring (bicyclic) bond motifs is 3. The van der Waals surface area contributed by atoms with Gasteiger partial charge in [-0.2, -0.15) is 0 Å². The molecule has 2 fully saturated rings. The molecule has 1 heterocycles. The van der Waals surface area contributed by atoms with Crippen molar-refractivity contribution in [3.8, 4) is 0 Å². The summed E-state index contributed by atoms with van der Waals surface area (Å²) in [6.07, 6.45) is 11.5. The van der Waals surface area contributed by atoms with E-state index in [2.05, 4.69) is 13.0 Å². The van der Waals surface area contributed by atoms with Crippen molar-refractivity contribution in [3.05, 3.63) is 27.2 Å². The fourth-order valence-corrected chi connectivity index (χ4v) is 5.23. The van der Waals surface area contributed by atoms with Crippen LogP contribution in [0.15, 0.2) is 11.1 Å². The molecule has 2 saturated carbocycles. The maximum atomic E-state index is 6.54. The molecule has 1 nitrogen and oxygen atoms in total. The predicted molar refractivity (Wildman–Crippen MR) is 95.2 cm³/mol. The highest BCUT2D eigenvalue weighted by molar-refractivity contribution is 6.44. The van der Waals surface area contributed by atoms with Crippen LogP contribution < -0.4 is 0 Å². The lowest BCUT2D eigenvalue weighted by Gasteiger charge is -2.35. The van der Waals surface area contributed by atoms with Gasteiger partial charge in [-0.05, 0) is 55.2 Å². The van der Waals surface area contributed by atoms with E-state index in [1.165, 1.54) is 68.2 Å². The van der Waals surface area contributed by atoms with Crippen molar-refractivity contribution in [3.63, 3.8) is 0 Å². The number of nitrogens with zero attached hydrogens (tertiary/aromatic N) is 1. The van der Waals surface area contributed by atoms with Crippen molar-refractivity contribution in [2.45, 2.75) is 76.0 Å². The Kier molecular flexibility index (Phi) is 3.77. The topological polar surface area (TPSA) is 12.4 Å². The third-order valence-electron chi connectivity index (χ3n) is 6.05. The lowest BCUT2D eigenvalue weighted by Crippen LogP contribution is -2.34. The van der Waals surface area contributed by atoms with E-state index >= 15 is 0 Å². The van der Waals surface area contributed by atoms with Crippen LogP contribution in [-0.2, 0) is 5.41 Å². The first-order chi connectivity index (χ1) is 10.6. The molecule has 0 spiro atoms. The van der Waals surface area contributed by atoms with Gasteiger partial charge in [0, 0.05) is 11.1 Å². The van der Waals surface area contributed by atoms with Crippen molar-refractivity contribution in [2.75, 3.05) is 0 Å². The molecule has 0 radical (unpaired) electrons. The monoisotopic (exact) mass is 335 g/mol. The van der Waals surface area contributed by atoms with E-state index in [0.29, 0.717) is 16.0 Å². The van der Waals surface area contributed by atoms with E-state index in [1.807, 2.05) is 0 Å². The summed E-state index contributed by atoms with van der Waals surface area (Å²) in [5, 5.41) is 1.35. The first kappa shape index (κ1) is 15.0. The van der Waals surface area contributed by atoms with Gasteiger partial charge < -0.3 is 0 Å². The second-order valence-electron chi connectivity index (χ2n) is 7.42. The van der Waals surface area contributed by atoms with Gasteiger partial charge in [0.2, 0.25) is 0 Å². The minimum atomic E-state index is 0.106. The van der Waals surface area contributed by atoms with Crippen LogP contribution in [0.4, 0.5) is 5.69 Å². The van der Waals surface area contributed by atoms with E-state index in [9.17, 15) is 0 Å². The molecule has 0 saturated heterocycles. The highest BCUT2D eigenvalue weighted by atomic mass is 35.5. The van der Waals surface area contributed by atoms with E-state index in [0.717, 1.165) is 12.1 Å². The molecule has 3 aliphatic rings. The SMILES string of the molecule is CC12CCCCC1=Nc1c(Cl)c(Cl)cc(C3CCCCC3)c12. The maximum Gasteiger partial charge on any atom is 0.0875 e. The molecule has 1 unspecified atom stereocenters. The number of halogens is 2. The van der Waals surface area contributed by atoms with Crippen molar-refractivity contribution < 1.29 is 0 Å². The van der Waals surface area contributed by atoms with E-state index in [4.69, 9.17) is 28.2 Å². The number of hydrogen-bond acceptors (Lipinski definition) is 1. The zero-order valence-electron chi connectivity index (χ0n) is 13.2. The molecule has 3 heteroatoms. The quantitative estimate of drug-likeness (QED) is 0.526. The highest BCUT2D eigenvalue weighted by Crippen LogP contribution is 2.55. The number of benzene rings is 1. The van der Waals surface area contributed by atoms with Crippen LogP contribution in [-0.4, -0.2) is 5.71 Å². The average molecular weight is 336 g/mol. The number of rotatable bonds is 1. The van der Waals surface area contributed by atoms with Crippen LogP contribution >= 0.6 is 23.2 Å². The third kappa shape index (κ3) is 2.16. The lowest BCUT2D eigenvalue weighted by atomic mass is 9.67. The van der Waals surface area contributed by atoms with E-state index in [-0.39, 0.29) is 5.41 Å². The fourth-order valence-electron chi connectivity index (χ4n) is 4.83. The van der Waals surface area contributed by atoms with Crippen LogP contribution in [0.5, 0.6) is 0 Å². The smallest absolute Gasteiger partial charge is 0.0875 e. The Bertz CT molecular complexity index is 643. The first-order valence-electron chi connectivity index (χ1n) is 8.71. The normalized spacial score (nSPS) is 28.2. The molecule has 118 valence electrons. The van der Waals surface area contributed by atoms with Crippen molar-refractivity contribution >= 4 is 34.6 Å². The van der Waals surface area contributed by atoms with Gasteiger partial charge in [-0.3, -0.25) is 4.99 Å². The zero-order valence-corrected chi connectivity index (χ0v) is 14.7. The fraction of sp³-hybridized carbons (Fsp3) is 0.632. The van der Waals surface area contributed by atoms with Gasteiger partial charge in [0.1, 0.15) is 0 Å².